The molecule has 0 bridgehead atoms. The number of hydrogen-bond acceptors (Lipinski definition) is 0. The highest BCUT2D eigenvalue weighted by Gasteiger charge is 1.97. The van der Waals surface area contributed by atoms with Gasteiger partial charge in [0.05, 0.1) is 12.4 Å². The standard InChI is InChI=1S/C6H5Cl2N/c7-6(8)9-4-2-1-3-5-9/h1-5H. The van der Waals surface area contributed by atoms with Gasteiger partial charge in [0.1, 0.15) is 0 Å². The quantitative estimate of drug-likeness (QED) is 0.437. The van der Waals surface area contributed by atoms with Crippen LogP contribution in [0.15, 0.2) is 30.6 Å². The highest BCUT2D eigenvalue weighted by Crippen LogP contribution is 2.04. The van der Waals surface area contributed by atoms with Crippen LogP contribution in [0.25, 0.3) is 0 Å². The molecule has 0 aliphatic rings. The van der Waals surface area contributed by atoms with Crippen LogP contribution in [-0.4, -0.2) is 0 Å². The van der Waals surface area contributed by atoms with Gasteiger partial charge in [-0.15, -0.1) is 0 Å². The highest BCUT2D eigenvalue weighted by atomic mass is 35.5. The molecule has 0 unspecified atom stereocenters. The van der Waals surface area contributed by atoms with E-state index in [0.29, 0.717) is 0 Å². The number of nitrogens with zero attached hydrogens (tertiary/aromatic N) is 1. The van der Waals surface area contributed by atoms with Crippen molar-refractivity contribution in [3.05, 3.63) is 35.6 Å². The number of pyridine rings is 1. The Labute approximate surface area is 63.8 Å². The lowest BCUT2D eigenvalue weighted by molar-refractivity contribution is -0.631. The molecule has 0 aromatic carbocycles. The van der Waals surface area contributed by atoms with Gasteiger partial charge in [0, 0.05) is 0 Å². The molecule has 0 amide bonds. The lowest BCUT2D eigenvalue weighted by Crippen LogP contribution is -2.32. The van der Waals surface area contributed by atoms with Crippen LogP contribution >= 0.6 is 23.2 Å². The van der Waals surface area contributed by atoms with Crippen LogP contribution in [0.4, 0.5) is 0 Å². The molecule has 1 nitrogen and oxygen atoms in total. The zero-order valence-corrected chi connectivity index (χ0v) is 6.10. The lowest BCUT2D eigenvalue weighted by atomic mass is 10.5. The number of hydrogen-bond donors (Lipinski definition) is 0. The van der Waals surface area contributed by atoms with Gasteiger partial charge in [-0.05, 0) is 0 Å². The van der Waals surface area contributed by atoms with E-state index in [-0.39, 0.29) is 4.96 Å². The molecule has 0 aliphatic carbocycles. The third kappa shape index (κ3) is 1.77. The Bertz CT molecular complexity index is 174. The summed E-state index contributed by atoms with van der Waals surface area (Å²) in [5.41, 5.74) is 0. The SMILES string of the molecule is Cl[C-](Cl)[n+]1ccccc1. The van der Waals surface area contributed by atoms with Crippen molar-refractivity contribution in [2.75, 3.05) is 0 Å². The Morgan fingerprint density at radius 3 is 1.89 bits per heavy atom. The highest BCUT2D eigenvalue weighted by molar-refractivity contribution is 6.50. The summed E-state index contributed by atoms with van der Waals surface area (Å²) in [6.07, 6.45) is 3.55. The van der Waals surface area contributed by atoms with Gasteiger partial charge in [-0.3, -0.25) is 0 Å². The monoisotopic (exact) mass is 161 g/mol. The fraction of sp³-hybridized carbons (Fsp3) is 0. The predicted octanol–water partition coefficient (Wildman–Crippen LogP) is 1.75. The fourth-order valence-electron chi connectivity index (χ4n) is 0.511. The molecule has 9 heavy (non-hydrogen) atoms. The van der Waals surface area contributed by atoms with Crippen LogP contribution in [0.1, 0.15) is 0 Å². The van der Waals surface area contributed by atoms with Gasteiger partial charge in [-0.25, -0.2) is 0 Å². The summed E-state index contributed by atoms with van der Waals surface area (Å²) < 4.78 is 1.61. The second kappa shape index (κ2) is 2.95. The summed E-state index contributed by atoms with van der Waals surface area (Å²) in [6, 6.07) is 5.60. The minimum absolute atomic E-state index is 0.232. The largest absolute Gasteiger partial charge is 0.307 e. The van der Waals surface area contributed by atoms with Gasteiger partial charge in [0.2, 0.25) is 4.96 Å². The smallest absolute Gasteiger partial charge is 0.241 e. The summed E-state index contributed by atoms with van der Waals surface area (Å²) in [7, 11) is 0. The second-order valence-corrected chi connectivity index (χ2v) is 2.43. The first kappa shape index (κ1) is 6.72. The van der Waals surface area contributed by atoms with Gasteiger partial charge in [0.25, 0.3) is 0 Å². The molecule has 0 radical (unpaired) electrons. The minimum Gasteiger partial charge on any atom is -0.307 e. The van der Waals surface area contributed by atoms with Gasteiger partial charge in [-0.1, -0.05) is 41.4 Å². The second-order valence-electron chi connectivity index (χ2n) is 1.52. The topological polar surface area (TPSA) is 3.88 Å². The third-order valence-electron chi connectivity index (χ3n) is 0.911. The van der Waals surface area contributed by atoms with E-state index in [9.17, 15) is 0 Å². The van der Waals surface area contributed by atoms with E-state index >= 15 is 0 Å². The van der Waals surface area contributed by atoms with Crippen LogP contribution in [0.2, 0.25) is 0 Å². The van der Waals surface area contributed by atoms with E-state index in [1.54, 1.807) is 17.0 Å². The summed E-state index contributed by atoms with van der Waals surface area (Å²) in [6.45, 7) is 0. The minimum atomic E-state index is 0.232. The number of halogens is 2. The maximum atomic E-state index is 5.45. The van der Waals surface area contributed by atoms with Crippen molar-refractivity contribution < 1.29 is 4.57 Å². The molecule has 0 fully saturated rings. The van der Waals surface area contributed by atoms with Crippen LogP contribution in [-0.2, 0) is 0 Å². The van der Waals surface area contributed by atoms with E-state index < -0.39 is 0 Å². The fourth-order valence-corrected chi connectivity index (χ4v) is 0.737. The van der Waals surface area contributed by atoms with Crippen LogP contribution < -0.4 is 4.57 Å². The summed E-state index contributed by atoms with van der Waals surface area (Å²) >= 11 is 10.9. The lowest BCUT2D eigenvalue weighted by Gasteiger charge is -2.00. The number of aromatic nitrogens is 1. The van der Waals surface area contributed by atoms with Gasteiger partial charge in [0.15, 0.2) is 0 Å². The maximum absolute atomic E-state index is 5.45. The normalized spacial score (nSPS) is 9.11. The van der Waals surface area contributed by atoms with E-state index in [1.165, 1.54) is 0 Å². The summed E-state index contributed by atoms with van der Waals surface area (Å²) in [4.78, 5) is 0.232. The van der Waals surface area contributed by atoms with E-state index in [2.05, 4.69) is 0 Å². The first-order valence-electron chi connectivity index (χ1n) is 2.45. The Balaban J connectivity index is 2.85. The van der Waals surface area contributed by atoms with E-state index in [1.807, 2.05) is 18.2 Å². The van der Waals surface area contributed by atoms with Crippen molar-refractivity contribution in [2.45, 2.75) is 0 Å². The average molecular weight is 162 g/mol. The molecule has 0 aliphatic heterocycles. The van der Waals surface area contributed by atoms with Crippen molar-refractivity contribution in [2.24, 2.45) is 0 Å². The molecule has 1 aromatic heterocycles. The molecule has 3 heteroatoms. The van der Waals surface area contributed by atoms with Crippen molar-refractivity contribution in [1.82, 2.24) is 0 Å². The summed E-state index contributed by atoms with van der Waals surface area (Å²) in [5.74, 6) is 0. The van der Waals surface area contributed by atoms with E-state index in [4.69, 9.17) is 23.2 Å². The zero-order valence-electron chi connectivity index (χ0n) is 4.59. The average Bonchev–Trinajstić information content (AvgIpc) is 1.90. The predicted molar refractivity (Wildman–Crippen MR) is 37.0 cm³/mol. The van der Waals surface area contributed by atoms with Crippen molar-refractivity contribution in [3.63, 3.8) is 0 Å². The van der Waals surface area contributed by atoms with Crippen molar-refractivity contribution in [1.29, 1.82) is 0 Å². The maximum Gasteiger partial charge on any atom is 0.241 e. The molecule has 0 spiro atoms. The third-order valence-corrected chi connectivity index (χ3v) is 1.30. The molecule has 0 saturated carbocycles. The first-order chi connectivity index (χ1) is 4.30. The Morgan fingerprint density at radius 1 is 1.00 bits per heavy atom. The molecule has 1 aromatic rings. The van der Waals surface area contributed by atoms with Gasteiger partial charge in [-0.2, -0.15) is 0 Å². The van der Waals surface area contributed by atoms with Crippen molar-refractivity contribution >= 4 is 23.2 Å². The molecular formula is C6H5Cl2N. The molecule has 1 rings (SSSR count). The van der Waals surface area contributed by atoms with Crippen LogP contribution in [0.5, 0.6) is 0 Å². The Kier molecular flexibility index (Phi) is 2.20. The summed E-state index contributed by atoms with van der Waals surface area (Å²) in [5, 5.41) is 0. The molecule has 0 N–H and O–H groups in total. The van der Waals surface area contributed by atoms with Gasteiger partial charge < -0.3 is 4.57 Å². The molecule has 0 saturated heterocycles. The Morgan fingerprint density at radius 2 is 1.56 bits per heavy atom. The van der Waals surface area contributed by atoms with Gasteiger partial charge >= 0.3 is 0 Å². The van der Waals surface area contributed by atoms with Crippen LogP contribution in [0, 0.1) is 4.96 Å². The molecular weight excluding hydrogens is 157 g/mol. The van der Waals surface area contributed by atoms with E-state index in [0.717, 1.165) is 0 Å². The zero-order chi connectivity index (χ0) is 6.69. The van der Waals surface area contributed by atoms with Crippen LogP contribution in [0.3, 0.4) is 0 Å². The molecule has 1 heterocycles. The molecule has 0 atom stereocenters. The first-order valence-corrected chi connectivity index (χ1v) is 3.21. The Hall–Kier alpha value is -0.400. The van der Waals surface area contributed by atoms with Crippen molar-refractivity contribution in [3.8, 4) is 0 Å². The number of rotatable bonds is 1. The molecule has 48 valence electrons.